The van der Waals surface area contributed by atoms with Crippen molar-refractivity contribution < 1.29 is 23.1 Å². The summed E-state index contributed by atoms with van der Waals surface area (Å²) < 4.78 is 35.4. The second-order valence-corrected chi connectivity index (χ2v) is 3.86. The van der Waals surface area contributed by atoms with Gasteiger partial charge in [0.05, 0.1) is 18.5 Å². The second-order valence-electron chi connectivity index (χ2n) is 3.01. The molecule has 0 bridgehead atoms. The second kappa shape index (κ2) is 5.15. The van der Waals surface area contributed by atoms with Gasteiger partial charge < -0.3 is 10.4 Å². The number of nitrogens with zero attached hydrogens (tertiary/aromatic N) is 1. The average molecular weight is 254 g/mol. The first-order valence-electron chi connectivity index (χ1n) is 4.33. The van der Waals surface area contributed by atoms with Crippen molar-refractivity contribution in [2.75, 3.05) is 11.9 Å². The number of halogens is 3. The highest BCUT2D eigenvalue weighted by molar-refractivity contribution is 7.13. The smallest absolute Gasteiger partial charge is 0.390 e. The van der Waals surface area contributed by atoms with Crippen LogP contribution in [0.5, 0.6) is 0 Å². The van der Waals surface area contributed by atoms with E-state index in [9.17, 15) is 18.0 Å². The molecule has 90 valence electrons. The highest BCUT2D eigenvalue weighted by Gasteiger charge is 2.26. The molecule has 0 aromatic carbocycles. The molecule has 0 spiro atoms. The summed E-state index contributed by atoms with van der Waals surface area (Å²) in [7, 11) is 0. The van der Waals surface area contributed by atoms with Crippen molar-refractivity contribution in [2.24, 2.45) is 0 Å². The Balaban J connectivity index is 2.38. The Labute approximate surface area is 93.1 Å². The van der Waals surface area contributed by atoms with E-state index >= 15 is 0 Å². The van der Waals surface area contributed by atoms with E-state index in [4.69, 9.17) is 5.11 Å². The summed E-state index contributed by atoms with van der Waals surface area (Å²) in [6.45, 7) is -0.260. The van der Waals surface area contributed by atoms with E-state index in [0.717, 1.165) is 11.3 Å². The van der Waals surface area contributed by atoms with Crippen LogP contribution in [0.4, 0.5) is 18.3 Å². The lowest BCUT2D eigenvalue weighted by Gasteiger charge is -2.05. The van der Waals surface area contributed by atoms with Gasteiger partial charge in [0.1, 0.15) is 0 Å². The summed E-state index contributed by atoms with van der Waals surface area (Å²) in [5.74, 6) is -1.02. The molecule has 1 aromatic rings. The first-order valence-corrected chi connectivity index (χ1v) is 5.21. The summed E-state index contributed by atoms with van der Waals surface area (Å²) >= 11 is 1.09. The normalized spacial score (nSPS) is 11.4. The van der Waals surface area contributed by atoms with Crippen LogP contribution in [0.2, 0.25) is 0 Å². The zero-order chi connectivity index (χ0) is 12.2. The van der Waals surface area contributed by atoms with Crippen molar-refractivity contribution in [3.8, 4) is 0 Å². The van der Waals surface area contributed by atoms with Crippen LogP contribution in [0.3, 0.4) is 0 Å². The maximum atomic E-state index is 11.8. The molecule has 1 rings (SSSR count). The third-order valence-electron chi connectivity index (χ3n) is 1.57. The molecule has 0 amide bonds. The van der Waals surface area contributed by atoms with Gasteiger partial charge in [0.2, 0.25) is 0 Å². The average Bonchev–Trinajstić information content (AvgIpc) is 2.49. The minimum absolute atomic E-state index is 0.225. The zero-order valence-corrected chi connectivity index (χ0v) is 8.86. The molecule has 0 aliphatic carbocycles. The van der Waals surface area contributed by atoms with Gasteiger partial charge in [-0.3, -0.25) is 4.79 Å². The van der Waals surface area contributed by atoms with Crippen molar-refractivity contribution >= 4 is 22.4 Å². The molecular weight excluding hydrogens is 245 g/mol. The molecule has 8 heteroatoms. The van der Waals surface area contributed by atoms with Crippen LogP contribution in [0.25, 0.3) is 0 Å². The van der Waals surface area contributed by atoms with Crippen molar-refractivity contribution in [3.05, 3.63) is 11.1 Å². The molecule has 0 atom stereocenters. The van der Waals surface area contributed by atoms with Gasteiger partial charge in [0, 0.05) is 11.9 Å². The number of nitrogens with one attached hydrogen (secondary N) is 1. The topological polar surface area (TPSA) is 62.2 Å². The number of rotatable bonds is 5. The van der Waals surface area contributed by atoms with Crippen LogP contribution in [0.1, 0.15) is 12.1 Å². The van der Waals surface area contributed by atoms with Gasteiger partial charge in [0.25, 0.3) is 0 Å². The Morgan fingerprint density at radius 2 is 2.25 bits per heavy atom. The number of carboxylic acids is 1. The molecule has 0 aliphatic rings. The van der Waals surface area contributed by atoms with Gasteiger partial charge in [-0.15, -0.1) is 11.3 Å². The number of aliphatic carboxylic acids is 1. The maximum absolute atomic E-state index is 11.8. The summed E-state index contributed by atoms with van der Waals surface area (Å²) in [6.07, 6.45) is -5.37. The van der Waals surface area contributed by atoms with Gasteiger partial charge >= 0.3 is 12.1 Å². The predicted octanol–water partition coefficient (Wildman–Crippen LogP) is 2.13. The van der Waals surface area contributed by atoms with Crippen molar-refractivity contribution in [1.82, 2.24) is 4.98 Å². The monoisotopic (exact) mass is 254 g/mol. The molecule has 0 saturated heterocycles. The van der Waals surface area contributed by atoms with Gasteiger partial charge in [0.15, 0.2) is 5.13 Å². The van der Waals surface area contributed by atoms with Crippen LogP contribution in [0, 0.1) is 0 Å². The maximum Gasteiger partial charge on any atom is 0.390 e. The van der Waals surface area contributed by atoms with Crippen molar-refractivity contribution in [1.29, 1.82) is 0 Å². The third kappa shape index (κ3) is 4.96. The van der Waals surface area contributed by atoms with Crippen LogP contribution >= 0.6 is 11.3 Å². The van der Waals surface area contributed by atoms with Crippen LogP contribution in [0.15, 0.2) is 5.38 Å². The minimum Gasteiger partial charge on any atom is -0.481 e. The van der Waals surface area contributed by atoms with Gasteiger partial charge in [-0.1, -0.05) is 0 Å². The van der Waals surface area contributed by atoms with Crippen molar-refractivity contribution in [2.45, 2.75) is 19.0 Å². The molecule has 1 aromatic heterocycles. The number of carboxylic acid groups (broad SMARTS) is 1. The summed E-state index contributed by atoms with van der Waals surface area (Å²) in [4.78, 5) is 14.1. The number of hydrogen-bond acceptors (Lipinski definition) is 4. The number of aromatic nitrogens is 1. The molecule has 4 nitrogen and oxygen atoms in total. The van der Waals surface area contributed by atoms with Crippen LogP contribution < -0.4 is 5.32 Å². The standard InChI is InChI=1S/C8H9F3N2O2S/c9-8(10,11)1-2-12-7-13-5(4-16-7)3-6(14)15/h4H,1-3H2,(H,12,13)(H,14,15). The number of hydrogen-bond donors (Lipinski definition) is 2. The van der Waals surface area contributed by atoms with Gasteiger partial charge in [-0.25, -0.2) is 4.98 Å². The molecular formula is C8H9F3N2O2S. The summed E-state index contributed by atoms with van der Waals surface area (Å²) in [6, 6.07) is 0. The Morgan fingerprint density at radius 1 is 1.56 bits per heavy atom. The molecule has 0 aliphatic heterocycles. The fourth-order valence-corrected chi connectivity index (χ4v) is 1.67. The molecule has 2 N–H and O–H groups in total. The zero-order valence-electron chi connectivity index (χ0n) is 8.04. The lowest BCUT2D eigenvalue weighted by Crippen LogP contribution is -2.14. The third-order valence-corrected chi connectivity index (χ3v) is 2.42. The quantitative estimate of drug-likeness (QED) is 0.845. The summed E-state index contributed by atoms with van der Waals surface area (Å²) in [5.41, 5.74) is 0.340. The minimum atomic E-state index is -4.20. The largest absolute Gasteiger partial charge is 0.481 e. The molecule has 16 heavy (non-hydrogen) atoms. The fourth-order valence-electron chi connectivity index (χ4n) is 0.935. The Hall–Kier alpha value is -1.31. The Bertz CT molecular complexity index is 364. The predicted molar refractivity (Wildman–Crippen MR) is 52.6 cm³/mol. The number of alkyl halides is 3. The van der Waals surface area contributed by atoms with Gasteiger partial charge in [-0.05, 0) is 0 Å². The number of carbonyl (C=O) groups is 1. The highest BCUT2D eigenvalue weighted by Crippen LogP contribution is 2.21. The van der Waals surface area contributed by atoms with E-state index in [2.05, 4.69) is 10.3 Å². The first-order chi connectivity index (χ1) is 7.37. The van der Waals surface area contributed by atoms with E-state index in [0.29, 0.717) is 10.8 Å². The first kappa shape index (κ1) is 12.8. The van der Waals surface area contributed by atoms with E-state index in [-0.39, 0.29) is 13.0 Å². The summed E-state index contributed by atoms with van der Waals surface area (Å²) in [5, 5.41) is 12.8. The SMILES string of the molecule is O=C(O)Cc1csc(NCCC(F)(F)F)n1. The molecule has 0 unspecified atom stereocenters. The van der Waals surface area contributed by atoms with E-state index in [1.54, 1.807) is 0 Å². The molecule has 0 saturated carbocycles. The Morgan fingerprint density at radius 3 is 2.81 bits per heavy atom. The highest BCUT2D eigenvalue weighted by atomic mass is 32.1. The molecule has 0 radical (unpaired) electrons. The number of thiazole rings is 1. The Kier molecular flexibility index (Phi) is 4.11. The van der Waals surface area contributed by atoms with Gasteiger partial charge in [-0.2, -0.15) is 13.2 Å². The molecule has 1 heterocycles. The van der Waals surface area contributed by atoms with E-state index < -0.39 is 18.6 Å². The molecule has 0 fully saturated rings. The van der Waals surface area contributed by atoms with E-state index in [1.165, 1.54) is 5.38 Å². The number of anilines is 1. The lowest BCUT2D eigenvalue weighted by atomic mass is 10.3. The van der Waals surface area contributed by atoms with Crippen LogP contribution in [-0.4, -0.2) is 28.8 Å². The van der Waals surface area contributed by atoms with Crippen LogP contribution in [-0.2, 0) is 11.2 Å². The van der Waals surface area contributed by atoms with E-state index in [1.807, 2.05) is 0 Å². The lowest BCUT2D eigenvalue weighted by molar-refractivity contribution is -0.136. The van der Waals surface area contributed by atoms with Crippen molar-refractivity contribution in [3.63, 3.8) is 0 Å². The fraction of sp³-hybridized carbons (Fsp3) is 0.500.